The maximum atomic E-state index is 10.8. The van der Waals surface area contributed by atoms with Crippen LogP contribution in [0.25, 0.3) is 16.8 Å². The summed E-state index contributed by atoms with van der Waals surface area (Å²) in [6.07, 6.45) is 7.39. The molecule has 4 heterocycles. The van der Waals surface area contributed by atoms with Crippen molar-refractivity contribution in [1.82, 2.24) is 29.7 Å². The lowest BCUT2D eigenvalue weighted by atomic mass is 9.87. The highest BCUT2D eigenvalue weighted by Crippen LogP contribution is 2.30. The molecule has 2 atom stereocenters. The van der Waals surface area contributed by atoms with E-state index in [4.69, 9.17) is 10.1 Å². The zero-order valence-electron chi connectivity index (χ0n) is 15.4. The van der Waals surface area contributed by atoms with Crippen LogP contribution in [0, 0.1) is 11.8 Å². The summed E-state index contributed by atoms with van der Waals surface area (Å²) in [7, 11) is 1.88. The standard InChI is InChI=1S/C18H23N7O2/c1-12-9-24(6-4-13(12)7-19-18(26)27)17-16-3-5-20-25(16)11-15(22-17)14-8-21-23(2)10-14/h3,5,8,10-13,19H,4,6-7,9H2,1-2H3,(H,26,27). The van der Waals surface area contributed by atoms with Crippen LogP contribution in [0.15, 0.2) is 30.9 Å². The van der Waals surface area contributed by atoms with E-state index in [1.807, 2.05) is 30.0 Å². The molecule has 142 valence electrons. The lowest BCUT2D eigenvalue weighted by Crippen LogP contribution is -2.44. The van der Waals surface area contributed by atoms with Crippen molar-refractivity contribution in [1.29, 1.82) is 0 Å². The second-order valence-corrected chi connectivity index (χ2v) is 7.17. The molecule has 1 aliphatic rings. The van der Waals surface area contributed by atoms with Gasteiger partial charge in [0.25, 0.3) is 0 Å². The molecule has 3 aromatic rings. The Hall–Kier alpha value is -3.10. The number of fused-ring (bicyclic) bond motifs is 1. The number of carbonyl (C=O) groups is 1. The van der Waals surface area contributed by atoms with Gasteiger partial charge in [0, 0.05) is 38.4 Å². The molecule has 1 amide bonds. The molecule has 3 aromatic heterocycles. The van der Waals surface area contributed by atoms with E-state index < -0.39 is 6.09 Å². The Morgan fingerprint density at radius 2 is 2.22 bits per heavy atom. The average Bonchev–Trinajstić information content (AvgIpc) is 3.28. The summed E-state index contributed by atoms with van der Waals surface area (Å²) in [6, 6.07) is 1.97. The van der Waals surface area contributed by atoms with Crippen LogP contribution in [0.4, 0.5) is 10.6 Å². The normalized spacial score (nSPS) is 20.1. The molecule has 0 saturated carbocycles. The monoisotopic (exact) mass is 369 g/mol. The summed E-state index contributed by atoms with van der Waals surface area (Å²) in [5.74, 6) is 1.60. The Morgan fingerprint density at radius 3 is 2.93 bits per heavy atom. The third-order valence-electron chi connectivity index (χ3n) is 5.27. The van der Waals surface area contributed by atoms with Crippen LogP contribution in [0.5, 0.6) is 0 Å². The lowest BCUT2D eigenvalue weighted by Gasteiger charge is -2.37. The summed E-state index contributed by atoms with van der Waals surface area (Å²) >= 11 is 0. The molecular weight excluding hydrogens is 346 g/mol. The fourth-order valence-corrected chi connectivity index (χ4v) is 3.74. The summed E-state index contributed by atoms with van der Waals surface area (Å²) in [5.41, 5.74) is 2.75. The number of nitrogens with zero attached hydrogens (tertiary/aromatic N) is 6. The molecule has 1 aliphatic heterocycles. The number of hydrogen-bond acceptors (Lipinski definition) is 5. The second kappa shape index (κ2) is 6.90. The zero-order chi connectivity index (χ0) is 19.0. The third kappa shape index (κ3) is 3.44. The fourth-order valence-electron chi connectivity index (χ4n) is 3.74. The van der Waals surface area contributed by atoms with Gasteiger partial charge in [-0.05, 0) is 24.3 Å². The van der Waals surface area contributed by atoms with Gasteiger partial charge in [-0.25, -0.2) is 14.3 Å². The predicted molar refractivity (Wildman–Crippen MR) is 101 cm³/mol. The summed E-state index contributed by atoms with van der Waals surface area (Å²) in [5, 5.41) is 20.0. The van der Waals surface area contributed by atoms with Gasteiger partial charge in [0.05, 0.1) is 24.3 Å². The van der Waals surface area contributed by atoms with Crippen molar-refractivity contribution in [3.63, 3.8) is 0 Å². The van der Waals surface area contributed by atoms with Crippen LogP contribution in [0.2, 0.25) is 0 Å². The molecule has 1 fully saturated rings. The molecule has 9 heteroatoms. The Labute approximate surface area is 156 Å². The quantitative estimate of drug-likeness (QED) is 0.728. The predicted octanol–water partition coefficient (Wildman–Crippen LogP) is 1.86. The molecule has 9 nitrogen and oxygen atoms in total. The minimum Gasteiger partial charge on any atom is -0.465 e. The van der Waals surface area contributed by atoms with Gasteiger partial charge in [0.1, 0.15) is 5.52 Å². The molecule has 0 spiro atoms. The van der Waals surface area contributed by atoms with Gasteiger partial charge in [-0.15, -0.1) is 0 Å². The summed E-state index contributed by atoms with van der Waals surface area (Å²) in [6.45, 7) is 4.32. The topological polar surface area (TPSA) is 101 Å². The molecule has 0 aromatic carbocycles. The van der Waals surface area contributed by atoms with Gasteiger partial charge in [-0.2, -0.15) is 10.2 Å². The van der Waals surface area contributed by atoms with Gasteiger partial charge < -0.3 is 15.3 Å². The SMILES string of the molecule is CC1CN(c2nc(-c3cnn(C)c3)cn3nccc23)CCC1CNC(=O)O. The van der Waals surface area contributed by atoms with Gasteiger partial charge in [0.15, 0.2) is 5.82 Å². The van der Waals surface area contributed by atoms with Crippen molar-refractivity contribution in [2.24, 2.45) is 18.9 Å². The number of amides is 1. The highest BCUT2D eigenvalue weighted by atomic mass is 16.4. The van der Waals surface area contributed by atoms with Gasteiger partial charge in [-0.3, -0.25) is 4.68 Å². The first kappa shape index (κ1) is 17.3. The number of nitrogens with one attached hydrogen (secondary N) is 1. The largest absolute Gasteiger partial charge is 0.465 e. The van der Waals surface area contributed by atoms with Crippen molar-refractivity contribution in [2.75, 3.05) is 24.5 Å². The minimum absolute atomic E-state index is 0.333. The van der Waals surface area contributed by atoms with E-state index in [0.717, 1.165) is 42.1 Å². The smallest absolute Gasteiger partial charge is 0.404 e. The molecule has 2 N–H and O–H groups in total. The van der Waals surface area contributed by atoms with Crippen molar-refractivity contribution >= 4 is 17.4 Å². The van der Waals surface area contributed by atoms with E-state index in [9.17, 15) is 4.79 Å². The maximum absolute atomic E-state index is 10.8. The van der Waals surface area contributed by atoms with E-state index in [1.165, 1.54) is 0 Å². The van der Waals surface area contributed by atoms with Gasteiger partial charge in [0.2, 0.25) is 0 Å². The first-order valence-corrected chi connectivity index (χ1v) is 9.06. The molecule has 27 heavy (non-hydrogen) atoms. The number of carboxylic acid groups (broad SMARTS) is 1. The van der Waals surface area contributed by atoms with Crippen LogP contribution < -0.4 is 10.2 Å². The molecular formula is C18H23N7O2. The van der Waals surface area contributed by atoms with E-state index in [2.05, 4.69) is 27.3 Å². The second-order valence-electron chi connectivity index (χ2n) is 7.17. The van der Waals surface area contributed by atoms with Crippen LogP contribution >= 0.6 is 0 Å². The first-order valence-electron chi connectivity index (χ1n) is 9.06. The number of anilines is 1. The van der Waals surface area contributed by atoms with Crippen LogP contribution in [-0.4, -0.2) is 55.2 Å². The third-order valence-corrected chi connectivity index (χ3v) is 5.27. The van der Waals surface area contributed by atoms with Crippen molar-refractivity contribution in [2.45, 2.75) is 13.3 Å². The highest BCUT2D eigenvalue weighted by molar-refractivity contribution is 5.72. The molecule has 4 rings (SSSR count). The molecule has 1 saturated heterocycles. The van der Waals surface area contributed by atoms with E-state index >= 15 is 0 Å². The van der Waals surface area contributed by atoms with Crippen LogP contribution in [0.1, 0.15) is 13.3 Å². The highest BCUT2D eigenvalue weighted by Gasteiger charge is 2.28. The van der Waals surface area contributed by atoms with Gasteiger partial charge >= 0.3 is 6.09 Å². The number of piperidine rings is 1. The van der Waals surface area contributed by atoms with Crippen molar-refractivity contribution in [3.8, 4) is 11.3 Å². The number of hydrogen-bond donors (Lipinski definition) is 2. The summed E-state index contributed by atoms with van der Waals surface area (Å²) < 4.78 is 3.61. The molecule has 0 aliphatic carbocycles. The Morgan fingerprint density at radius 1 is 1.37 bits per heavy atom. The Bertz CT molecular complexity index is 964. The van der Waals surface area contributed by atoms with Crippen molar-refractivity contribution in [3.05, 3.63) is 30.9 Å². The molecule has 2 unspecified atom stereocenters. The van der Waals surface area contributed by atoms with Crippen LogP contribution in [-0.2, 0) is 7.05 Å². The zero-order valence-corrected chi connectivity index (χ0v) is 15.4. The average molecular weight is 369 g/mol. The number of rotatable bonds is 4. The van der Waals surface area contributed by atoms with Crippen molar-refractivity contribution < 1.29 is 9.90 Å². The molecule has 0 radical (unpaired) electrons. The Balaban J connectivity index is 1.62. The summed E-state index contributed by atoms with van der Waals surface area (Å²) in [4.78, 5) is 18.0. The van der Waals surface area contributed by atoms with E-state index in [0.29, 0.717) is 18.4 Å². The molecule has 0 bridgehead atoms. The lowest BCUT2D eigenvalue weighted by molar-refractivity contribution is 0.187. The van der Waals surface area contributed by atoms with E-state index in [1.54, 1.807) is 17.1 Å². The minimum atomic E-state index is -0.962. The van der Waals surface area contributed by atoms with Gasteiger partial charge in [-0.1, -0.05) is 6.92 Å². The number of aromatic nitrogens is 5. The van der Waals surface area contributed by atoms with Crippen LogP contribution in [0.3, 0.4) is 0 Å². The Kier molecular flexibility index (Phi) is 4.43. The first-order chi connectivity index (χ1) is 13.0. The fraction of sp³-hybridized carbons (Fsp3) is 0.444. The number of aryl methyl sites for hydroxylation is 1. The maximum Gasteiger partial charge on any atom is 0.404 e. The van der Waals surface area contributed by atoms with E-state index in [-0.39, 0.29) is 0 Å².